The molecule has 0 aromatic heterocycles. The maximum absolute atomic E-state index is 12.8. The lowest BCUT2D eigenvalue weighted by molar-refractivity contribution is -0.159. The van der Waals surface area contributed by atoms with Gasteiger partial charge in [-0.05, 0) is 75.4 Å². The van der Waals surface area contributed by atoms with Crippen LogP contribution < -0.4 is 4.74 Å². The molecular weight excluding hydrogens is 365 g/mol. The number of nitrogens with zero attached hydrogens (tertiary/aromatic N) is 1. The van der Waals surface area contributed by atoms with E-state index < -0.39 is 11.9 Å². The van der Waals surface area contributed by atoms with E-state index in [0.29, 0.717) is 0 Å². The third kappa shape index (κ3) is 9.17. The second kappa shape index (κ2) is 13.1. The Bertz CT molecular complexity index is 573. The minimum atomic E-state index is -1.82. The molecule has 7 heteroatoms. The lowest BCUT2D eigenvalue weighted by Gasteiger charge is -2.37. The smallest absolute Gasteiger partial charge is 0.414 e. The minimum absolute atomic E-state index is 0.211. The van der Waals surface area contributed by atoms with Crippen LogP contribution in [0.1, 0.15) is 52.4 Å². The summed E-state index contributed by atoms with van der Waals surface area (Å²) in [6.45, 7) is 7.80. The van der Waals surface area contributed by atoms with E-state index in [9.17, 15) is 4.39 Å². The van der Waals surface area contributed by atoms with Gasteiger partial charge in [-0.3, -0.25) is 0 Å². The zero-order valence-corrected chi connectivity index (χ0v) is 16.8. The van der Waals surface area contributed by atoms with Crippen molar-refractivity contribution in [1.29, 1.82) is 0 Å². The number of benzene rings is 1. The number of rotatable bonds is 8. The Morgan fingerprint density at radius 2 is 1.71 bits per heavy atom. The van der Waals surface area contributed by atoms with Gasteiger partial charge < -0.3 is 19.8 Å². The molecule has 28 heavy (non-hydrogen) atoms. The number of piperidine rings is 1. The average Bonchev–Trinajstić information content (AvgIpc) is 2.69. The number of hydrogen-bond acceptors (Lipinski definition) is 4. The van der Waals surface area contributed by atoms with Crippen molar-refractivity contribution in [3.05, 3.63) is 30.1 Å². The van der Waals surface area contributed by atoms with Crippen molar-refractivity contribution in [3.63, 3.8) is 0 Å². The molecule has 1 aromatic carbocycles. The Hall–Kier alpha value is -2.15. The maximum Gasteiger partial charge on any atom is 0.414 e. The molecule has 0 spiro atoms. The second-order valence-electron chi connectivity index (χ2n) is 7.03. The Labute approximate surface area is 166 Å². The molecule has 1 heterocycles. The van der Waals surface area contributed by atoms with Crippen molar-refractivity contribution < 1.29 is 28.9 Å². The number of likely N-dealkylation sites (tertiary alicyclic amines) is 1. The van der Waals surface area contributed by atoms with E-state index in [-0.39, 0.29) is 5.82 Å². The first-order valence-corrected chi connectivity index (χ1v) is 9.95. The van der Waals surface area contributed by atoms with Gasteiger partial charge in [0.1, 0.15) is 11.6 Å². The molecule has 0 bridgehead atoms. The van der Waals surface area contributed by atoms with Crippen LogP contribution >= 0.6 is 0 Å². The number of carbonyl (C=O) groups is 2. The molecule has 1 atom stereocenters. The lowest BCUT2D eigenvalue weighted by atomic mass is 9.92. The number of aliphatic carboxylic acids is 2. The van der Waals surface area contributed by atoms with Crippen LogP contribution in [-0.4, -0.2) is 52.8 Å². The molecular formula is C21H32FNO5. The van der Waals surface area contributed by atoms with Gasteiger partial charge in [0.25, 0.3) is 0 Å². The highest BCUT2D eigenvalue weighted by Crippen LogP contribution is 2.24. The third-order valence-electron chi connectivity index (χ3n) is 5.05. The summed E-state index contributed by atoms with van der Waals surface area (Å²) in [5.74, 6) is -2.31. The number of carboxylic acids is 2. The summed E-state index contributed by atoms with van der Waals surface area (Å²) >= 11 is 0. The van der Waals surface area contributed by atoms with Gasteiger partial charge in [0.05, 0.1) is 6.61 Å². The second-order valence-corrected chi connectivity index (χ2v) is 7.03. The monoisotopic (exact) mass is 397 g/mol. The van der Waals surface area contributed by atoms with Gasteiger partial charge in [0.2, 0.25) is 0 Å². The van der Waals surface area contributed by atoms with Crippen molar-refractivity contribution >= 4 is 11.9 Å². The first-order chi connectivity index (χ1) is 13.4. The third-order valence-corrected chi connectivity index (χ3v) is 5.05. The Morgan fingerprint density at radius 1 is 1.14 bits per heavy atom. The average molecular weight is 397 g/mol. The largest absolute Gasteiger partial charge is 0.494 e. The highest BCUT2D eigenvalue weighted by Gasteiger charge is 2.23. The molecule has 1 aromatic rings. The predicted molar refractivity (Wildman–Crippen MR) is 105 cm³/mol. The minimum Gasteiger partial charge on any atom is -0.494 e. The van der Waals surface area contributed by atoms with Gasteiger partial charge in [0, 0.05) is 6.04 Å². The molecule has 158 valence electrons. The van der Waals surface area contributed by atoms with Crippen LogP contribution in [0.2, 0.25) is 0 Å². The highest BCUT2D eigenvalue weighted by molar-refractivity contribution is 6.27. The summed E-state index contributed by atoms with van der Waals surface area (Å²) in [5, 5.41) is 14.8. The molecule has 0 radical (unpaired) electrons. The summed E-state index contributed by atoms with van der Waals surface area (Å²) in [4.78, 5) is 20.9. The zero-order chi connectivity index (χ0) is 20.9. The number of carboxylic acid groups (broad SMARTS) is 2. The fourth-order valence-electron chi connectivity index (χ4n) is 3.46. The molecule has 1 saturated heterocycles. The maximum atomic E-state index is 12.8. The predicted octanol–water partition coefficient (Wildman–Crippen LogP) is 4.04. The van der Waals surface area contributed by atoms with Gasteiger partial charge in [-0.2, -0.15) is 0 Å². The molecule has 1 aliphatic rings. The summed E-state index contributed by atoms with van der Waals surface area (Å²) < 4.78 is 18.5. The van der Waals surface area contributed by atoms with Crippen molar-refractivity contribution in [1.82, 2.24) is 4.90 Å². The van der Waals surface area contributed by atoms with Crippen LogP contribution in [-0.2, 0) is 9.59 Å². The fraction of sp³-hybridized carbons (Fsp3) is 0.619. The summed E-state index contributed by atoms with van der Waals surface area (Å²) in [6, 6.07) is 7.09. The molecule has 0 saturated carbocycles. The van der Waals surface area contributed by atoms with Crippen LogP contribution in [0.15, 0.2) is 24.3 Å². The fourth-order valence-corrected chi connectivity index (χ4v) is 3.46. The van der Waals surface area contributed by atoms with Crippen molar-refractivity contribution in [2.24, 2.45) is 5.92 Å². The zero-order valence-electron chi connectivity index (χ0n) is 16.8. The molecule has 2 N–H and O–H groups in total. The van der Waals surface area contributed by atoms with E-state index in [0.717, 1.165) is 30.7 Å². The number of hydrogen-bond donors (Lipinski definition) is 2. The summed E-state index contributed by atoms with van der Waals surface area (Å²) in [6.07, 6.45) is 7.56. The van der Waals surface area contributed by atoms with Gasteiger partial charge >= 0.3 is 11.9 Å². The van der Waals surface area contributed by atoms with E-state index in [1.54, 1.807) is 12.1 Å². The molecule has 2 rings (SSSR count). The first-order valence-electron chi connectivity index (χ1n) is 9.95. The van der Waals surface area contributed by atoms with E-state index in [2.05, 4.69) is 18.7 Å². The van der Waals surface area contributed by atoms with E-state index in [4.69, 9.17) is 24.5 Å². The van der Waals surface area contributed by atoms with Gasteiger partial charge in [-0.1, -0.05) is 20.3 Å². The molecule has 1 fully saturated rings. The van der Waals surface area contributed by atoms with Crippen LogP contribution in [0.25, 0.3) is 0 Å². The SMILES string of the molecule is CCCC(CC)N1CCC(CCOc2ccc(F)cc2)CC1.O=C(O)C(=O)O. The van der Waals surface area contributed by atoms with Crippen LogP contribution in [0, 0.1) is 11.7 Å². The van der Waals surface area contributed by atoms with E-state index in [1.807, 2.05) is 0 Å². The van der Waals surface area contributed by atoms with Gasteiger partial charge in [0.15, 0.2) is 0 Å². The summed E-state index contributed by atoms with van der Waals surface area (Å²) in [7, 11) is 0. The summed E-state index contributed by atoms with van der Waals surface area (Å²) in [5.41, 5.74) is 0. The highest BCUT2D eigenvalue weighted by atomic mass is 19.1. The number of halogens is 1. The Kier molecular flexibility index (Phi) is 11.2. The van der Waals surface area contributed by atoms with E-state index >= 15 is 0 Å². The van der Waals surface area contributed by atoms with Crippen molar-refractivity contribution in [2.75, 3.05) is 19.7 Å². The van der Waals surface area contributed by atoms with Crippen molar-refractivity contribution in [2.45, 2.75) is 58.4 Å². The van der Waals surface area contributed by atoms with Crippen molar-refractivity contribution in [3.8, 4) is 5.75 Å². The molecule has 6 nitrogen and oxygen atoms in total. The van der Waals surface area contributed by atoms with Gasteiger partial charge in [-0.15, -0.1) is 0 Å². The van der Waals surface area contributed by atoms with Crippen LogP contribution in [0.5, 0.6) is 5.75 Å². The Morgan fingerprint density at radius 3 is 2.18 bits per heavy atom. The molecule has 1 aliphatic heterocycles. The molecule has 0 aliphatic carbocycles. The Balaban J connectivity index is 0.000000568. The molecule has 1 unspecified atom stereocenters. The van der Waals surface area contributed by atoms with Crippen LogP contribution in [0.4, 0.5) is 4.39 Å². The topological polar surface area (TPSA) is 87.1 Å². The lowest BCUT2D eigenvalue weighted by Crippen LogP contribution is -2.41. The molecule has 0 amide bonds. The quantitative estimate of drug-likeness (QED) is 0.644. The number of ether oxygens (including phenoxy) is 1. The normalized spacial score (nSPS) is 16.0. The van der Waals surface area contributed by atoms with Crippen LogP contribution in [0.3, 0.4) is 0 Å². The standard InChI is InChI=1S/C19H30FNO.C2H2O4/c1-3-5-18(4-2)21-13-10-16(11-14-21)12-15-22-19-8-6-17(20)7-9-19;3-1(4)2(5)6/h6-9,16,18H,3-5,10-15H2,1-2H3;(H,3,4)(H,5,6). The van der Waals surface area contributed by atoms with E-state index in [1.165, 1.54) is 57.3 Å². The first kappa shape index (κ1) is 23.9. The van der Waals surface area contributed by atoms with Gasteiger partial charge in [-0.25, -0.2) is 14.0 Å².